The Kier molecular flexibility index (Phi) is 6.17. The summed E-state index contributed by atoms with van der Waals surface area (Å²) in [4.78, 5) is 29.3. The number of thioether (sulfide) groups is 1. The van der Waals surface area contributed by atoms with Gasteiger partial charge in [0, 0.05) is 36.6 Å². The van der Waals surface area contributed by atoms with Crippen LogP contribution in [0.4, 0.5) is 4.79 Å². The van der Waals surface area contributed by atoms with E-state index >= 15 is 0 Å². The molecule has 0 saturated carbocycles. The predicted octanol–water partition coefficient (Wildman–Crippen LogP) is 3.50. The van der Waals surface area contributed by atoms with Crippen molar-refractivity contribution in [2.75, 3.05) is 32.4 Å². The number of amides is 2. The first-order valence-electron chi connectivity index (χ1n) is 8.56. The minimum Gasteiger partial charge on any atom is -0.445 e. The zero-order valence-electron chi connectivity index (χ0n) is 14.8. The number of carbonyl (C=O) groups is 2. The summed E-state index contributed by atoms with van der Waals surface area (Å²) in [5.41, 5.74) is 1.64. The quantitative estimate of drug-likeness (QED) is 0.773. The Morgan fingerprint density at radius 2 is 1.54 bits per heavy atom. The van der Waals surface area contributed by atoms with Crippen molar-refractivity contribution in [3.05, 3.63) is 65.7 Å². The SMILES string of the molecule is CSc1ccc(C(=O)N2CCN(C(=O)OCc3ccccc3)CC2)cc1. The standard InChI is InChI=1S/C20H22N2O3S/c1-26-18-9-7-17(8-10-18)19(23)21-11-13-22(14-12-21)20(24)25-15-16-5-3-2-4-6-16/h2-10H,11-15H2,1H3. The third-order valence-corrected chi connectivity index (χ3v) is 5.11. The summed E-state index contributed by atoms with van der Waals surface area (Å²) in [6.45, 7) is 2.28. The van der Waals surface area contributed by atoms with Crippen LogP contribution in [0.3, 0.4) is 0 Å². The molecule has 1 saturated heterocycles. The largest absolute Gasteiger partial charge is 0.445 e. The molecule has 2 amide bonds. The smallest absolute Gasteiger partial charge is 0.410 e. The van der Waals surface area contributed by atoms with E-state index in [0.717, 1.165) is 10.5 Å². The van der Waals surface area contributed by atoms with Crippen LogP contribution in [0.5, 0.6) is 0 Å². The molecule has 26 heavy (non-hydrogen) atoms. The van der Waals surface area contributed by atoms with Crippen molar-refractivity contribution < 1.29 is 14.3 Å². The highest BCUT2D eigenvalue weighted by molar-refractivity contribution is 7.98. The summed E-state index contributed by atoms with van der Waals surface area (Å²) in [5.74, 6) is 0.00922. The van der Waals surface area contributed by atoms with E-state index in [1.165, 1.54) is 0 Å². The second kappa shape index (κ2) is 8.76. The summed E-state index contributed by atoms with van der Waals surface area (Å²) in [7, 11) is 0. The fourth-order valence-electron chi connectivity index (χ4n) is 2.82. The van der Waals surface area contributed by atoms with Crippen molar-refractivity contribution in [2.45, 2.75) is 11.5 Å². The van der Waals surface area contributed by atoms with Crippen molar-refractivity contribution in [2.24, 2.45) is 0 Å². The van der Waals surface area contributed by atoms with E-state index in [0.29, 0.717) is 31.7 Å². The van der Waals surface area contributed by atoms with Crippen molar-refractivity contribution >= 4 is 23.8 Å². The first kappa shape index (κ1) is 18.3. The van der Waals surface area contributed by atoms with Gasteiger partial charge in [-0.15, -0.1) is 11.8 Å². The Morgan fingerprint density at radius 1 is 0.923 bits per heavy atom. The first-order chi connectivity index (χ1) is 12.7. The highest BCUT2D eigenvalue weighted by Crippen LogP contribution is 2.17. The van der Waals surface area contributed by atoms with E-state index < -0.39 is 0 Å². The van der Waals surface area contributed by atoms with Gasteiger partial charge in [-0.25, -0.2) is 4.79 Å². The number of ether oxygens (including phenoxy) is 1. The van der Waals surface area contributed by atoms with Gasteiger partial charge in [-0.1, -0.05) is 30.3 Å². The molecule has 2 aromatic carbocycles. The van der Waals surface area contributed by atoms with Gasteiger partial charge in [0.15, 0.2) is 0 Å². The second-order valence-electron chi connectivity index (χ2n) is 6.05. The summed E-state index contributed by atoms with van der Waals surface area (Å²) in [6, 6.07) is 17.2. The Bertz CT molecular complexity index is 741. The van der Waals surface area contributed by atoms with Crippen LogP contribution in [-0.4, -0.2) is 54.2 Å². The topological polar surface area (TPSA) is 49.9 Å². The molecule has 0 radical (unpaired) electrons. The van der Waals surface area contributed by atoms with E-state index in [9.17, 15) is 9.59 Å². The van der Waals surface area contributed by atoms with Crippen LogP contribution in [0.1, 0.15) is 15.9 Å². The number of hydrogen-bond donors (Lipinski definition) is 0. The average Bonchev–Trinajstić information content (AvgIpc) is 2.72. The molecule has 0 bridgehead atoms. The first-order valence-corrected chi connectivity index (χ1v) is 9.79. The molecule has 1 aliphatic heterocycles. The van der Waals surface area contributed by atoms with Crippen molar-refractivity contribution in [1.82, 2.24) is 9.80 Å². The fourth-order valence-corrected chi connectivity index (χ4v) is 3.23. The molecule has 0 aromatic heterocycles. The van der Waals surface area contributed by atoms with Gasteiger partial charge in [-0.05, 0) is 36.1 Å². The summed E-state index contributed by atoms with van der Waals surface area (Å²) < 4.78 is 5.35. The molecule has 1 heterocycles. The van der Waals surface area contributed by atoms with Crippen LogP contribution >= 0.6 is 11.8 Å². The van der Waals surface area contributed by atoms with Crippen molar-refractivity contribution in [3.8, 4) is 0 Å². The Morgan fingerprint density at radius 3 is 2.15 bits per heavy atom. The van der Waals surface area contributed by atoms with Crippen LogP contribution in [0.15, 0.2) is 59.5 Å². The van der Waals surface area contributed by atoms with Crippen LogP contribution in [0.2, 0.25) is 0 Å². The van der Waals surface area contributed by atoms with E-state index in [1.54, 1.807) is 21.6 Å². The third-order valence-electron chi connectivity index (χ3n) is 4.37. The molecule has 2 aromatic rings. The van der Waals surface area contributed by atoms with Crippen LogP contribution in [-0.2, 0) is 11.3 Å². The molecular weight excluding hydrogens is 348 g/mol. The Labute approximate surface area is 157 Å². The monoisotopic (exact) mass is 370 g/mol. The molecule has 0 unspecified atom stereocenters. The molecule has 1 aliphatic rings. The van der Waals surface area contributed by atoms with E-state index in [4.69, 9.17) is 4.74 Å². The summed E-state index contributed by atoms with van der Waals surface area (Å²) in [5, 5.41) is 0. The molecule has 3 rings (SSSR count). The number of rotatable bonds is 4. The zero-order chi connectivity index (χ0) is 18.4. The molecule has 0 atom stereocenters. The van der Waals surface area contributed by atoms with Gasteiger partial charge >= 0.3 is 6.09 Å². The number of nitrogens with zero attached hydrogens (tertiary/aromatic N) is 2. The molecule has 0 spiro atoms. The molecule has 6 heteroatoms. The van der Waals surface area contributed by atoms with Crippen molar-refractivity contribution in [1.29, 1.82) is 0 Å². The lowest BCUT2D eigenvalue weighted by atomic mass is 10.2. The lowest BCUT2D eigenvalue weighted by Gasteiger charge is -2.34. The van der Waals surface area contributed by atoms with E-state index in [2.05, 4.69) is 0 Å². The van der Waals surface area contributed by atoms with Crippen LogP contribution in [0, 0.1) is 0 Å². The van der Waals surface area contributed by atoms with Gasteiger partial charge in [-0.2, -0.15) is 0 Å². The van der Waals surface area contributed by atoms with E-state index in [-0.39, 0.29) is 18.6 Å². The van der Waals surface area contributed by atoms with Crippen LogP contribution < -0.4 is 0 Å². The number of carbonyl (C=O) groups excluding carboxylic acids is 2. The van der Waals surface area contributed by atoms with Gasteiger partial charge in [0.05, 0.1) is 0 Å². The average molecular weight is 370 g/mol. The third kappa shape index (κ3) is 4.58. The van der Waals surface area contributed by atoms with E-state index in [1.807, 2.05) is 60.9 Å². The minimum absolute atomic E-state index is 0.00922. The Balaban J connectivity index is 1.48. The Hall–Kier alpha value is -2.47. The molecule has 5 nitrogen and oxygen atoms in total. The molecule has 1 fully saturated rings. The number of piperazine rings is 1. The van der Waals surface area contributed by atoms with Gasteiger partial charge in [-0.3, -0.25) is 4.79 Å². The molecule has 0 aliphatic carbocycles. The zero-order valence-corrected chi connectivity index (χ0v) is 15.6. The maximum absolute atomic E-state index is 12.6. The van der Waals surface area contributed by atoms with Gasteiger partial charge in [0.2, 0.25) is 0 Å². The highest BCUT2D eigenvalue weighted by Gasteiger charge is 2.25. The molecule has 136 valence electrons. The summed E-state index contributed by atoms with van der Waals surface area (Å²) in [6.07, 6.45) is 1.68. The number of hydrogen-bond acceptors (Lipinski definition) is 4. The highest BCUT2D eigenvalue weighted by atomic mass is 32.2. The van der Waals surface area contributed by atoms with Gasteiger partial charge < -0.3 is 14.5 Å². The molecule has 0 N–H and O–H groups in total. The minimum atomic E-state index is -0.328. The lowest BCUT2D eigenvalue weighted by molar-refractivity contribution is 0.0544. The second-order valence-corrected chi connectivity index (χ2v) is 6.93. The summed E-state index contributed by atoms with van der Waals surface area (Å²) >= 11 is 1.65. The molecular formula is C20H22N2O3S. The maximum Gasteiger partial charge on any atom is 0.410 e. The van der Waals surface area contributed by atoms with Gasteiger partial charge in [0.1, 0.15) is 6.61 Å². The normalized spacial score (nSPS) is 14.2. The fraction of sp³-hybridized carbons (Fsp3) is 0.300. The van der Waals surface area contributed by atoms with Gasteiger partial charge in [0.25, 0.3) is 5.91 Å². The lowest BCUT2D eigenvalue weighted by Crippen LogP contribution is -2.50. The van der Waals surface area contributed by atoms with Crippen molar-refractivity contribution in [3.63, 3.8) is 0 Å². The van der Waals surface area contributed by atoms with Crippen LogP contribution in [0.25, 0.3) is 0 Å². The predicted molar refractivity (Wildman–Crippen MR) is 102 cm³/mol. The number of benzene rings is 2. The maximum atomic E-state index is 12.6.